The average molecular weight is 369 g/mol. The molecule has 1 atom stereocenters. The van der Waals surface area contributed by atoms with Crippen LogP contribution in [0.4, 0.5) is 0 Å². The highest BCUT2D eigenvalue weighted by Gasteiger charge is 2.43. The number of benzene rings is 1. The van der Waals surface area contributed by atoms with E-state index in [0.29, 0.717) is 17.1 Å². The minimum Gasteiger partial charge on any atom is -0.359 e. The van der Waals surface area contributed by atoms with Gasteiger partial charge in [0, 0.05) is 24.2 Å². The van der Waals surface area contributed by atoms with Crippen molar-refractivity contribution in [1.82, 2.24) is 20.7 Å². The van der Waals surface area contributed by atoms with Gasteiger partial charge in [0.15, 0.2) is 5.11 Å². The maximum absolute atomic E-state index is 12.4. The van der Waals surface area contributed by atoms with Gasteiger partial charge in [0.05, 0.1) is 6.42 Å². The van der Waals surface area contributed by atoms with Crippen LogP contribution in [0.5, 0.6) is 0 Å². The zero-order valence-electron chi connectivity index (χ0n) is 13.2. The van der Waals surface area contributed by atoms with Gasteiger partial charge in [-0.3, -0.25) is 24.7 Å². The molecule has 1 aliphatic rings. The molecule has 1 saturated heterocycles. The van der Waals surface area contributed by atoms with E-state index in [1.54, 1.807) is 31.2 Å². The Morgan fingerprint density at radius 3 is 2.46 bits per heavy atom. The van der Waals surface area contributed by atoms with Gasteiger partial charge >= 0.3 is 0 Å². The quantitative estimate of drug-likeness (QED) is 0.756. The smallest absolute Gasteiger partial charge is 0.269 e. The number of thiocarbonyl (C=S) groups is 1. The lowest BCUT2D eigenvalue weighted by Gasteiger charge is -2.24. The molecule has 3 amide bonds. The van der Waals surface area contributed by atoms with E-state index in [4.69, 9.17) is 23.8 Å². The van der Waals surface area contributed by atoms with E-state index in [9.17, 15) is 14.4 Å². The van der Waals surface area contributed by atoms with Gasteiger partial charge in [-0.2, -0.15) is 0 Å². The summed E-state index contributed by atoms with van der Waals surface area (Å²) in [7, 11) is 1.48. The number of nitrogens with zero attached hydrogens (tertiary/aromatic N) is 2. The van der Waals surface area contributed by atoms with Crippen LogP contribution in [0.1, 0.15) is 23.7 Å². The van der Waals surface area contributed by atoms with Crippen LogP contribution in [0.25, 0.3) is 0 Å². The van der Waals surface area contributed by atoms with E-state index in [0.717, 1.165) is 0 Å². The topological polar surface area (TPSA) is 81.8 Å². The molecular weight excluding hydrogens is 352 g/mol. The van der Waals surface area contributed by atoms with Gasteiger partial charge in [-0.05, 0) is 43.4 Å². The minimum atomic E-state index is -0.867. The molecule has 1 unspecified atom stereocenters. The predicted molar refractivity (Wildman–Crippen MR) is 93.2 cm³/mol. The maximum Gasteiger partial charge on any atom is 0.269 e. The van der Waals surface area contributed by atoms with Crippen molar-refractivity contribution < 1.29 is 14.4 Å². The summed E-state index contributed by atoms with van der Waals surface area (Å²) in [6.45, 7) is 2.13. The lowest BCUT2D eigenvalue weighted by molar-refractivity contribution is -0.132. The fourth-order valence-electron chi connectivity index (χ4n) is 2.30. The number of hydrogen-bond acceptors (Lipinski definition) is 4. The Balaban J connectivity index is 2.21. The van der Waals surface area contributed by atoms with Crippen LogP contribution in [0, 0.1) is 0 Å². The van der Waals surface area contributed by atoms with Crippen molar-refractivity contribution in [3.63, 3.8) is 0 Å². The van der Waals surface area contributed by atoms with E-state index < -0.39 is 11.9 Å². The van der Waals surface area contributed by atoms with Crippen LogP contribution >= 0.6 is 23.8 Å². The SMILES string of the molecule is CCN1C(=O)C(CC(=O)NC)N(NC(=O)c2ccc(Cl)cc2)C1=S. The Hall–Kier alpha value is -2.19. The van der Waals surface area contributed by atoms with Gasteiger partial charge in [-0.1, -0.05) is 11.6 Å². The number of nitrogens with one attached hydrogen (secondary N) is 2. The summed E-state index contributed by atoms with van der Waals surface area (Å²) >= 11 is 11.1. The molecule has 1 heterocycles. The minimum absolute atomic E-state index is 0.104. The summed E-state index contributed by atoms with van der Waals surface area (Å²) < 4.78 is 0. The summed E-state index contributed by atoms with van der Waals surface area (Å²) in [5.41, 5.74) is 2.97. The standard InChI is InChI=1S/C15H17ClN4O3S/c1-3-19-14(23)11(8-12(21)17-2)20(15(19)24)18-13(22)9-4-6-10(16)7-5-9/h4-7,11H,3,8H2,1-2H3,(H,17,21)(H,18,22). The average Bonchev–Trinajstić information content (AvgIpc) is 2.78. The van der Waals surface area contributed by atoms with Crippen molar-refractivity contribution in [2.75, 3.05) is 13.6 Å². The first kappa shape index (κ1) is 18.2. The molecule has 1 aromatic carbocycles. The van der Waals surface area contributed by atoms with Crippen LogP contribution in [-0.4, -0.2) is 52.4 Å². The molecule has 2 N–H and O–H groups in total. The van der Waals surface area contributed by atoms with Crippen molar-refractivity contribution in [1.29, 1.82) is 0 Å². The number of amides is 3. The largest absolute Gasteiger partial charge is 0.359 e. The third kappa shape index (κ3) is 3.65. The second-order valence-corrected chi connectivity index (χ2v) is 5.88. The molecule has 1 fully saturated rings. The molecule has 7 nitrogen and oxygen atoms in total. The fraction of sp³-hybridized carbons (Fsp3) is 0.333. The Kier molecular flexibility index (Phi) is 5.74. The second kappa shape index (κ2) is 7.59. The summed E-state index contributed by atoms with van der Waals surface area (Å²) in [5.74, 6) is -1.08. The zero-order chi connectivity index (χ0) is 17.9. The second-order valence-electron chi connectivity index (χ2n) is 5.08. The first-order chi connectivity index (χ1) is 11.4. The van der Waals surface area contributed by atoms with Gasteiger partial charge < -0.3 is 5.32 Å². The summed E-state index contributed by atoms with van der Waals surface area (Å²) in [6.07, 6.45) is -0.104. The number of rotatable bonds is 5. The predicted octanol–water partition coefficient (Wildman–Crippen LogP) is 0.938. The number of hydrogen-bond donors (Lipinski definition) is 2. The van der Waals surface area contributed by atoms with E-state index >= 15 is 0 Å². The Morgan fingerprint density at radius 1 is 1.29 bits per heavy atom. The Bertz CT molecular complexity index is 680. The third-order valence-electron chi connectivity index (χ3n) is 3.60. The lowest BCUT2D eigenvalue weighted by Crippen LogP contribution is -2.50. The number of hydrazine groups is 1. The molecule has 0 aliphatic carbocycles. The van der Waals surface area contributed by atoms with Crippen LogP contribution in [-0.2, 0) is 9.59 Å². The van der Waals surface area contributed by atoms with Crippen molar-refractivity contribution >= 4 is 46.7 Å². The molecule has 2 rings (SSSR count). The van der Waals surface area contributed by atoms with E-state index in [-0.39, 0.29) is 23.3 Å². The zero-order valence-corrected chi connectivity index (χ0v) is 14.8. The fourth-order valence-corrected chi connectivity index (χ4v) is 2.81. The molecule has 128 valence electrons. The summed E-state index contributed by atoms with van der Waals surface area (Å²) in [4.78, 5) is 37.8. The number of carbonyl (C=O) groups excluding carboxylic acids is 3. The number of likely N-dealkylation sites (N-methyl/N-ethyl adjacent to an activating group) is 1. The molecule has 9 heteroatoms. The first-order valence-electron chi connectivity index (χ1n) is 7.30. The van der Waals surface area contributed by atoms with Crippen LogP contribution in [0.15, 0.2) is 24.3 Å². The Morgan fingerprint density at radius 2 is 1.92 bits per heavy atom. The maximum atomic E-state index is 12.4. The lowest BCUT2D eigenvalue weighted by atomic mass is 10.2. The third-order valence-corrected chi connectivity index (χ3v) is 4.27. The molecule has 0 saturated carbocycles. The van der Waals surface area contributed by atoms with Crippen molar-refractivity contribution in [2.45, 2.75) is 19.4 Å². The molecule has 0 bridgehead atoms. The highest BCUT2D eigenvalue weighted by Crippen LogP contribution is 2.19. The van der Waals surface area contributed by atoms with Crippen LogP contribution in [0.3, 0.4) is 0 Å². The molecule has 24 heavy (non-hydrogen) atoms. The highest BCUT2D eigenvalue weighted by atomic mass is 35.5. The summed E-state index contributed by atoms with van der Waals surface area (Å²) in [5, 5.41) is 4.41. The van der Waals surface area contributed by atoms with Crippen LogP contribution < -0.4 is 10.7 Å². The number of carbonyl (C=O) groups is 3. The monoisotopic (exact) mass is 368 g/mol. The van der Waals surface area contributed by atoms with Gasteiger partial charge in [0.2, 0.25) is 5.91 Å². The van der Waals surface area contributed by atoms with Gasteiger partial charge in [-0.15, -0.1) is 0 Å². The van der Waals surface area contributed by atoms with Gasteiger partial charge in [0.1, 0.15) is 6.04 Å². The molecular formula is C15H17ClN4O3S. The molecule has 1 aliphatic heterocycles. The van der Waals surface area contributed by atoms with Crippen LogP contribution in [0.2, 0.25) is 5.02 Å². The van der Waals surface area contributed by atoms with Gasteiger partial charge in [-0.25, -0.2) is 5.01 Å². The first-order valence-corrected chi connectivity index (χ1v) is 8.09. The molecule has 0 spiro atoms. The normalized spacial score (nSPS) is 17.2. The molecule has 1 aromatic rings. The number of halogens is 1. The van der Waals surface area contributed by atoms with Gasteiger partial charge in [0.25, 0.3) is 11.8 Å². The highest BCUT2D eigenvalue weighted by molar-refractivity contribution is 7.80. The Labute approximate surface area is 149 Å². The van der Waals surface area contributed by atoms with E-state index in [1.165, 1.54) is 17.0 Å². The summed E-state index contributed by atoms with van der Waals surface area (Å²) in [6, 6.07) is 5.43. The molecule has 0 aromatic heterocycles. The van der Waals surface area contributed by atoms with Crippen molar-refractivity contribution in [3.05, 3.63) is 34.9 Å². The molecule has 0 radical (unpaired) electrons. The van der Waals surface area contributed by atoms with E-state index in [1.807, 2.05) is 0 Å². The van der Waals surface area contributed by atoms with Crippen molar-refractivity contribution in [2.24, 2.45) is 0 Å². The van der Waals surface area contributed by atoms with E-state index in [2.05, 4.69) is 10.7 Å². The van der Waals surface area contributed by atoms with Crippen molar-refractivity contribution in [3.8, 4) is 0 Å².